The van der Waals surface area contributed by atoms with Gasteiger partial charge in [-0.05, 0) is 84.4 Å². The van der Waals surface area contributed by atoms with Crippen LogP contribution in [-0.2, 0) is 0 Å². The van der Waals surface area contributed by atoms with Crippen LogP contribution in [0.25, 0.3) is 118 Å². The van der Waals surface area contributed by atoms with Crippen LogP contribution >= 0.6 is 0 Å². The number of hydrogen-bond acceptors (Lipinski definition) is 7. The summed E-state index contributed by atoms with van der Waals surface area (Å²) in [6.45, 7) is 0. The SMILES string of the molecule is c1ccc(-c2cc(-n3c4ccc(-c5nc6ccccc6o5)cc4c4cc(-c5nc6ccccc6o5)ccc43)nc(-c3ccccc3)c2-c2nc3ccccc3o2)cc1. The van der Waals surface area contributed by atoms with Crippen molar-refractivity contribution in [2.45, 2.75) is 0 Å². The lowest BCUT2D eigenvalue weighted by Crippen LogP contribution is -2.03. The smallest absolute Gasteiger partial charge is 0.230 e. The number of fused-ring (bicyclic) bond motifs is 6. The van der Waals surface area contributed by atoms with Crippen molar-refractivity contribution in [1.82, 2.24) is 24.5 Å². The Bertz CT molecular complexity index is 3230. The third-order valence-electron chi connectivity index (χ3n) is 10.7. The molecule has 0 N–H and O–H groups in total. The number of para-hydroxylation sites is 6. The summed E-state index contributed by atoms with van der Waals surface area (Å²) < 4.78 is 21.3. The number of oxazole rings is 3. The Balaban J connectivity index is 1.15. The van der Waals surface area contributed by atoms with E-state index >= 15 is 0 Å². The van der Waals surface area contributed by atoms with E-state index in [1.165, 1.54) is 0 Å². The maximum absolute atomic E-state index is 6.52. The summed E-state index contributed by atoms with van der Waals surface area (Å²) in [6, 6.07) is 58.9. The van der Waals surface area contributed by atoms with Crippen LogP contribution in [0, 0.1) is 0 Å². The van der Waals surface area contributed by atoms with Crippen molar-refractivity contribution in [2.24, 2.45) is 0 Å². The minimum atomic E-state index is 0.506. The lowest BCUT2D eigenvalue weighted by molar-refractivity contribution is 0.619. The number of pyridine rings is 1. The topological polar surface area (TPSA) is 95.9 Å². The third-order valence-corrected chi connectivity index (χ3v) is 10.7. The van der Waals surface area contributed by atoms with Gasteiger partial charge in [-0.2, -0.15) is 0 Å². The molecule has 58 heavy (non-hydrogen) atoms. The molecule has 0 bridgehead atoms. The van der Waals surface area contributed by atoms with Gasteiger partial charge in [-0.25, -0.2) is 19.9 Å². The molecule has 0 aliphatic heterocycles. The van der Waals surface area contributed by atoms with Crippen LogP contribution in [-0.4, -0.2) is 24.5 Å². The van der Waals surface area contributed by atoms with Gasteiger partial charge in [-0.3, -0.25) is 4.57 Å². The quantitative estimate of drug-likeness (QED) is 0.167. The Morgan fingerprint density at radius 1 is 0.362 bits per heavy atom. The standard InChI is InChI=1S/C50H29N5O3/c1-3-13-30(14-4-1)34-29-45(54-47(31-15-5-2-6-16-31)46(34)50-53-39-19-9-12-22-44(39)58-50)55-40-25-23-32(48-51-37-17-7-10-20-42(37)56-48)27-35(40)36-28-33(24-26-41(36)55)49-52-38-18-8-11-21-43(38)57-49/h1-29H. The van der Waals surface area contributed by atoms with Crippen molar-refractivity contribution in [3.8, 4) is 62.6 Å². The van der Waals surface area contributed by atoms with E-state index in [0.717, 1.165) is 94.4 Å². The monoisotopic (exact) mass is 747 g/mol. The van der Waals surface area contributed by atoms with E-state index in [0.29, 0.717) is 23.3 Å². The fraction of sp³-hybridized carbons (Fsp3) is 0. The Labute approximate surface area is 330 Å². The van der Waals surface area contributed by atoms with Crippen LogP contribution in [0.15, 0.2) is 189 Å². The van der Waals surface area contributed by atoms with Gasteiger partial charge in [0.2, 0.25) is 17.7 Å². The second kappa shape index (κ2) is 12.7. The van der Waals surface area contributed by atoms with Crippen LogP contribution in [0.4, 0.5) is 0 Å². The highest BCUT2D eigenvalue weighted by Crippen LogP contribution is 2.43. The predicted molar refractivity (Wildman–Crippen MR) is 228 cm³/mol. The lowest BCUT2D eigenvalue weighted by atomic mass is 9.95. The highest BCUT2D eigenvalue weighted by atomic mass is 16.4. The maximum atomic E-state index is 6.52. The fourth-order valence-corrected chi connectivity index (χ4v) is 8.02. The van der Waals surface area contributed by atoms with E-state index in [4.69, 9.17) is 33.2 Å². The molecule has 272 valence electrons. The highest BCUT2D eigenvalue weighted by Gasteiger charge is 2.25. The molecule has 0 aliphatic carbocycles. The molecule has 0 saturated carbocycles. The molecule has 5 heterocycles. The molecule has 5 aromatic heterocycles. The van der Waals surface area contributed by atoms with Gasteiger partial charge in [0.1, 0.15) is 22.4 Å². The number of hydrogen-bond donors (Lipinski definition) is 0. The van der Waals surface area contributed by atoms with Crippen LogP contribution in [0.5, 0.6) is 0 Å². The van der Waals surface area contributed by atoms with Gasteiger partial charge >= 0.3 is 0 Å². The van der Waals surface area contributed by atoms with Crippen molar-refractivity contribution in [1.29, 1.82) is 0 Å². The van der Waals surface area contributed by atoms with Gasteiger partial charge in [-0.15, -0.1) is 0 Å². The second-order valence-electron chi connectivity index (χ2n) is 14.2. The van der Waals surface area contributed by atoms with Crippen molar-refractivity contribution >= 4 is 55.1 Å². The molecule has 12 rings (SSSR count). The molecule has 0 unspecified atom stereocenters. The van der Waals surface area contributed by atoms with Crippen molar-refractivity contribution in [2.75, 3.05) is 0 Å². The van der Waals surface area contributed by atoms with E-state index < -0.39 is 0 Å². The zero-order valence-electron chi connectivity index (χ0n) is 30.7. The summed E-state index contributed by atoms with van der Waals surface area (Å²) in [5.41, 5.74) is 12.7. The van der Waals surface area contributed by atoms with Gasteiger partial charge < -0.3 is 13.3 Å². The molecule has 0 radical (unpaired) electrons. The van der Waals surface area contributed by atoms with Crippen LogP contribution in [0.3, 0.4) is 0 Å². The summed E-state index contributed by atoms with van der Waals surface area (Å²) in [5, 5.41) is 2.00. The number of rotatable bonds is 6. The number of aromatic nitrogens is 5. The zero-order valence-corrected chi connectivity index (χ0v) is 30.7. The third kappa shape index (κ3) is 5.16. The second-order valence-corrected chi connectivity index (χ2v) is 14.2. The Kier molecular flexibility index (Phi) is 7.06. The van der Waals surface area contributed by atoms with Gasteiger partial charge in [-0.1, -0.05) is 97.1 Å². The number of benzene rings is 7. The minimum Gasteiger partial charge on any atom is -0.436 e. The highest BCUT2D eigenvalue weighted by molar-refractivity contribution is 6.11. The minimum absolute atomic E-state index is 0.506. The first kappa shape index (κ1) is 32.2. The van der Waals surface area contributed by atoms with Crippen LogP contribution in [0.1, 0.15) is 0 Å². The molecule has 7 aromatic carbocycles. The Morgan fingerprint density at radius 2 is 0.810 bits per heavy atom. The molecule has 0 saturated heterocycles. The first-order valence-electron chi connectivity index (χ1n) is 19.0. The largest absolute Gasteiger partial charge is 0.436 e. The zero-order chi connectivity index (χ0) is 38.2. The summed E-state index contributed by atoms with van der Waals surface area (Å²) in [5.74, 6) is 2.35. The van der Waals surface area contributed by atoms with Gasteiger partial charge in [0.05, 0.1) is 22.3 Å². The summed E-state index contributed by atoms with van der Waals surface area (Å²) >= 11 is 0. The van der Waals surface area contributed by atoms with Crippen molar-refractivity contribution < 1.29 is 13.3 Å². The lowest BCUT2D eigenvalue weighted by Gasteiger charge is -2.17. The molecule has 0 amide bonds. The van der Waals surface area contributed by atoms with E-state index in [9.17, 15) is 0 Å². The van der Waals surface area contributed by atoms with Gasteiger partial charge in [0, 0.05) is 33.0 Å². The average molecular weight is 748 g/mol. The molecular formula is C50H29N5O3. The summed E-state index contributed by atoms with van der Waals surface area (Å²) in [6.07, 6.45) is 0. The molecule has 0 fully saturated rings. The number of nitrogens with zero attached hydrogens (tertiary/aromatic N) is 5. The summed E-state index contributed by atoms with van der Waals surface area (Å²) in [7, 11) is 0. The van der Waals surface area contributed by atoms with Crippen molar-refractivity contribution in [3.63, 3.8) is 0 Å². The predicted octanol–water partition coefficient (Wildman–Crippen LogP) is 12.9. The average Bonchev–Trinajstić information content (AvgIpc) is 4.09. The molecule has 0 aliphatic rings. The molecule has 0 atom stereocenters. The normalized spacial score (nSPS) is 11.8. The van der Waals surface area contributed by atoms with Gasteiger partial charge in [0.25, 0.3) is 0 Å². The van der Waals surface area contributed by atoms with E-state index in [2.05, 4.69) is 83.4 Å². The fourth-order valence-electron chi connectivity index (χ4n) is 8.02. The molecule has 12 aromatic rings. The molecular weight excluding hydrogens is 719 g/mol. The first-order valence-corrected chi connectivity index (χ1v) is 19.0. The Hall–Kier alpha value is -8.10. The molecule has 8 heteroatoms. The van der Waals surface area contributed by atoms with E-state index in [1.807, 2.05) is 97.1 Å². The van der Waals surface area contributed by atoms with Crippen molar-refractivity contribution in [3.05, 3.63) is 176 Å². The maximum Gasteiger partial charge on any atom is 0.230 e. The molecule has 8 nitrogen and oxygen atoms in total. The van der Waals surface area contributed by atoms with E-state index in [1.54, 1.807) is 0 Å². The molecule has 0 spiro atoms. The van der Waals surface area contributed by atoms with E-state index in [-0.39, 0.29) is 0 Å². The first-order chi connectivity index (χ1) is 28.7. The van der Waals surface area contributed by atoms with Crippen LogP contribution in [0.2, 0.25) is 0 Å². The van der Waals surface area contributed by atoms with Crippen LogP contribution < -0.4 is 0 Å². The summed E-state index contributed by atoms with van der Waals surface area (Å²) in [4.78, 5) is 20.2. The Morgan fingerprint density at radius 3 is 1.33 bits per heavy atom. The van der Waals surface area contributed by atoms with Gasteiger partial charge in [0.15, 0.2) is 16.7 Å².